The molecule has 2 N–H and O–H groups in total. The molecule has 7 heteroatoms. The van der Waals surface area contributed by atoms with E-state index in [9.17, 15) is 9.18 Å². The molecule has 0 fully saturated rings. The first-order valence-electron chi connectivity index (χ1n) is 8.38. The monoisotopic (exact) mass is 384 g/mol. The fourth-order valence-corrected chi connectivity index (χ4v) is 2.71. The molecule has 0 aliphatic rings. The molecule has 0 bridgehead atoms. The number of para-hydroxylation sites is 1. The van der Waals surface area contributed by atoms with Gasteiger partial charge in [0.25, 0.3) is 5.91 Å². The second-order valence-electron chi connectivity index (χ2n) is 6.24. The van der Waals surface area contributed by atoms with Crippen molar-refractivity contribution in [2.75, 3.05) is 10.6 Å². The quantitative estimate of drug-likeness (QED) is 0.619. The van der Waals surface area contributed by atoms with Crippen LogP contribution in [0.5, 0.6) is 0 Å². The molecule has 0 aliphatic carbocycles. The number of nitrogens with zero attached hydrogens (tertiary/aromatic N) is 2. The smallest absolute Gasteiger partial charge is 0.275 e. The largest absolute Gasteiger partial charge is 0.339 e. The standard InChI is InChI=1S/C20H18ClFN4O/c1-12(2)14-5-3-4-6-17(14)26-19-11-23-18(10-24-19)20(27)25-13-7-8-16(22)15(21)9-13/h3-12H,1-2H3,(H,24,26)(H,25,27). The first-order valence-corrected chi connectivity index (χ1v) is 8.76. The summed E-state index contributed by atoms with van der Waals surface area (Å²) in [5, 5.41) is 5.76. The Morgan fingerprint density at radius 3 is 2.56 bits per heavy atom. The second-order valence-corrected chi connectivity index (χ2v) is 6.64. The highest BCUT2D eigenvalue weighted by Crippen LogP contribution is 2.26. The maximum atomic E-state index is 13.2. The van der Waals surface area contributed by atoms with E-state index in [-0.39, 0.29) is 10.7 Å². The number of carbonyl (C=O) groups is 1. The van der Waals surface area contributed by atoms with Gasteiger partial charge in [-0.25, -0.2) is 14.4 Å². The van der Waals surface area contributed by atoms with Crippen molar-refractivity contribution in [1.29, 1.82) is 0 Å². The number of aromatic nitrogens is 2. The molecule has 0 unspecified atom stereocenters. The van der Waals surface area contributed by atoms with Gasteiger partial charge in [-0.15, -0.1) is 0 Å². The van der Waals surface area contributed by atoms with Crippen LogP contribution in [0.25, 0.3) is 0 Å². The molecule has 1 heterocycles. The first kappa shape index (κ1) is 18.8. The maximum absolute atomic E-state index is 13.2. The zero-order chi connectivity index (χ0) is 19.4. The summed E-state index contributed by atoms with van der Waals surface area (Å²) in [6.07, 6.45) is 2.87. The fourth-order valence-electron chi connectivity index (χ4n) is 2.53. The Balaban J connectivity index is 1.71. The lowest BCUT2D eigenvalue weighted by Gasteiger charge is -2.14. The second kappa shape index (κ2) is 8.14. The third-order valence-electron chi connectivity index (χ3n) is 3.91. The zero-order valence-corrected chi connectivity index (χ0v) is 15.6. The Labute approximate surface area is 161 Å². The van der Waals surface area contributed by atoms with Crippen molar-refractivity contribution in [3.63, 3.8) is 0 Å². The lowest BCUT2D eigenvalue weighted by Crippen LogP contribution is -2.14. The van der Waals surface area contributed by atoms with Crippen molar-refractivity contribution in [3.8, 4) is 0 Å². The van der Waals surface area contributed by atoms with E-state index < -0.39 is 11.7 Å². The van der Waals surface area contributed by atoms with Crippen molar-refractivity contribution in [1.82, 2.24) is 9.97 Å². The van der Waals surface area contributed by atoms with Crippen molar-refractivity contribution in [2.24, 2.45) is 0 Å². The molecule has 27 heavy (non-hydrogen) atoms. The molecule has 0 aliphatic heterocycles. The molecular weight excluding hydrogens is 367 g/mol. The number of rotatable bonds is 5. The van der Waals surface area contributed by atoms with E-state index in [1.54, 1.807) is 0 Å². The van der Waals surface area contributed by atoms with Gasteiger partial charge in [0, 0.05) is 11.4 Å². The van der Waals surface area contributed by atoms with Crippen LogP contribution in [0.15, 0.2) is 54.9 Å². The minimum Gasteiger partial charge on any atom is -0.339 e. The summed E-state index contributed by atoms with van der Waals surface area (Å²) in [7, 11) is 0. The van der Waals surface area contributed by atoms with E-state index in [0.717, 1.165) is 11.3 Å². The van der Waals surface area contributed by atoms with E-state index in [1.165, 1.54) is 30.6 Å². The van der Waals surface area contributed by atoms with Crippen LogP contribution in [0.1, 0.15) is 35.8 Å². The maximum Gasteiger partial charge on any atom is 0.275 e. The van der Waals surface area contributed by atoms with Crippen molar-refractivity contribution in [2.45, 2.75) is 19.8 Å². The van der Waals surface area contributed by atoms with Crippen LogP contribution >= 0.6 is 11.6 Å². The van der Waals surface area contributed by atoms with Crippen LogP contribution in [0, 0.1) is 5.82 Å². The van der Waals surface area contributed by atoms with E-state index in [1.807, 2.05) is 18.2 Å². The Morgan fingerprint density at radius 2 is 1.89 bits per heavy atom. The minimum atomic E-state index is -0.549. The Kier molecular flexibility index (Phi) is 5.66. The molecule has 0 saturated carbocycles. The van der Waals surface area contributed by atoms with Gasteiger partial charge >= 0.3 is 0 Å². The average molecular weight is 385 g/mol. The van der Waals surface area contributed by atoms with Crippen molar-refractivity contribution >= 4 is 34.7 Å². The highest BCUT2D eigenvalue weighted by Gasteiger charge is 2.11. The van der Waals surface area contributed by atoms with Gasteiger partial charge in [0.15, 0.2) is 0 Å². The molecule has 1 amide bonds. The SMILES string of the molecule is CC(C)c1ccccc1Nc1cnc(C(=O)Nc2ccc(F)c(Cl)c2)cn1. The number of halogens is 2. The average Bonchev–Trinajstić information content (AvgIpc) is 2.65. The van der Waals surface area contributed by atoms with Crippen LogP contribution in [0.4, 0.5) is 21.6 Å². The Morgan fingerprint density at radius 1 is 1.11 bits per heavy atom. The topological polar surface area (TPSA) is 66.9 Å². The highest BCUT2D eigenvalue weighted by atomic mass is 35.5. The predicted octanol–water partition coefficient (Wildman–Crippen LogP) is 5.39. The van der Waals surface area contributed by atoms with Gasteiger partial charge in [0.1, 0.15) is 17.3 Å². The van der Waals surface area contributed by atoms with Crippen molar-refractivity contribution in [3.05, 3.63) is 77.0 Å². The fraction of sp³-hybridized carbons (Fsp3) is 0.150. The van der Waals surface area contributed by atoms with Gasteiger partial charge in [-0.3, -0.25) is 4.79 Å². The van der Waals surface area contributed by atoms with Gasteiger partial charge in [-0.2, -0.15) is 0 Å². The summed E-state index contributed by atoms with van der Waals surface area (Å²) in [5.74, 6) is -0.121. The molecule has 5 nitrogen and oxygen atoms in total. The van der Waals surface area contributed by atoms with Crippen LogP contribution in [-0.4, -0.2) is 15.9 Å². The molecule has 2 aromatic carbocycles. The van der Waals surface area contributed by atoms with Crippen LogP contribution < -0.4 is 10.6 Å². The minimum absolute atomic E-state index is 0.0674. The summed E-state index contributed by atoms with van der Waals surface area (Å²) in [5.41, 5.74) is 2.62. The number of benzene rings is 2. The van der Waals surface area contributed by atoms with Gasteiger partial charge in [0.2, 0.25) is 0 Å². The Hall–Kier alpha value is -2.99. The first-order chi connectivity index (χ1) is 12.9. The number of hydrogen-bond donors (Lipinski definition) is 2. The number of carbonyl (C=O) groups excluding carboxylic acids is 1. The summed E-state index contributed by atoms with van der Waals surface area (Å²) < 4.78 is 13.2. The summed E-state index contributed by atoms with van der Waals surface area (Å²) in [6.45, 7) is 4.22. The number of nitrogens with one attached hydrogen (secondary N) is 2. The molecular formula is C20H18ClFN4O. The van der Waals surface area contributed by atoms with E-state index in [4.69, 9.17) is 11.6 Å². The Bertz CT molecular complexity index is 960. The van der Waals surface area contributed by atoms with Gasteiger partial charge in [-0.1, -0.05) is 43.6 Å². The summed E-state index contributed by atoms with van der Waals surface area (Å²) in [6, 6.07) is 11.9. The van der Waals surface area contributed by atoms with Crippen LogP contribution in [-0.2, 0) is 0 Å². The van der Waals surface area contributed by atoms with Gasteiger partial charge in [0.05, 0.1) is 17.4 Å². The predicted molar refractivity (Wildman–Crippen MR) is 105 cm³/mol. The van der Waals surface area contributed by atoms with Crippen LogP contribution in [0.3, 0.4) is 0 Å². The molecule has 3 rings (SSSR count). The lowest BCUT2D eigenvalue weighted by atomic mass is 10.0. The summed E-state index contributed by atoms with van der Waals surface area (Å²) >= 11 is 5.71. The normalized spacial score (nSPS) is 10.7. The molecule has 3 aromatic rings. The zero-order valence-electron chi connectivity index (χ0n) is 14.8. The molecule has 1 aromatic heterocycles. The molecule has 0 saturated heterocycles. The van der Waals surface area contributed by atoms with E-state index in [0.29, 0.717) is 17.4 Å². The molecule has 0 radical (unpaired) electrons. The molecule has 0 spiro atoms. The summed E-state index contributed by atoms with van der Waals surface area (Å²) in [4.78, 5) is 20.6. The van der Waals surface area contributed by atoms with E-state index in [2.05, 4.69) is 40.5 Å². The lowest BCUT2D eigenvalue weighted by molar-refractivity contribution is 0.102. The number of hydrogen-bond acceptors (Lipinski definition) is 4. The molecule has 0 atom stereocenters. The third kappa shape index (κ3) is 4.60. The van der Waals surface area contributed by atoms with Crippen molar-refractivity contribution < 1.29 is 9.18 Å². The molecule has 138 valence electrons. The van der Waals surface area contributed by atoms with Gasteiger partial charge in [-0.05, 0) is 35.7 Å². The highest BCUT2D eigenvalue weighted by molar-refractivity contribution is 6.31. The third-order valence-corrected chi connectivity index (χ3v) is 4.20. The van der Waals surface area contributed by atoms with E-state index >= 15 is 0 Å². The van der Waals surface area contributed by atoms with Gasteiger partial charge < -0.3 is 10.6 Å². The number of amides is 1. The van der Waals surface area contributed by atoms with Crippen LogP contribution in [0.2, 0.25) is 5.02 Å². The number of anilines is 3.